The molecular formula is C14H25N3. The van der Waals surface area contributed by atoms with E-state index in [-0.39, 0.29) is 0 Å². The highest BCUT2D eigenvalue weighted by Gasteiger charge is 2.05. The maximum absolute atomic E-state index is 4.39. The van der Waals surface area contributed by atoms with Crippen molar-refractivity contribution in [2.75, 3.05) is 6.54 Å². The molecule has 0 aliphatic carbocycles. The fraction of sp³-hybridized carbons (Fsp3) is 0.643. The molecule has 17 heavy (non-hydrogen) atoms. The van der Waals surface area contributed by atoms with Gasteiger partial charge in [-0.25, -0.2) is 4.98 Å². The van der Waals surface area contributed by atoms with Gasteiger partial charge in [-0.05, 0) is 32.2 Å². The second-order valence-corrected chi connectivity index (χ2v) is 4.90. The van der Waals surface area contributed by atoms with Crippen molar-refractivity contribution in [1.29, 1.82) is 0 Å². The average molecular weight is 235 g/mol. The molecule has 3 nitrogen and oxygen atoms in total. The van der Waals surface area contributed by atoms with E-state index in [1.54, 1.807) is 0 Å². The summed E-state index contributed by atoms with van der Waals surface area (Å²) in [6.45, 7) is 13.3. The highest BCUT2D eigenvalue weighted by atomic mass is 15.1. The van der Waals surface area contributed by atoms with Gasteiger partial charge in [0.1, 0.15) is 5.82 Å². The van der Waals surface area contributed by atoms with Crippen LogP contribution in [0.1, 0.15) is 38.2 Å². The van der Waals surface area contributed by atoms with E-state index in [9.17, 15) is 0 Å². The fourth-order valence-electron chi connectivity index (χ4n) is 1.84. The Kier molecular flexibility index (Phi) is 5.98. The summed E-state index contributed by atoms with van der Waals surface area (Å²) in [5.41, 5.74) is 1.28. The lowest BCUT2D eigenvalue weighted by Gasteiger charge is -2.11. The SMILES string of the molecule is C=CCCCn1c(CNCC(C)C)cnc1C. The Morgan fingerprint density at radius 3 is 2.94 bits per heavy atom. The maximum Gasteiger partial charge on any atom is 0.105 e. The molecule has 1 rings (SSSR count). The molecule has 0 radical (unpaired) electrons. The van der Waals surface area contributed by atoms with Gasteiger partial charge in [0.05, 0.1) is 5.69 Å². The molecule has 0 saturated carbocycles. The number of nitrogens with zero attached hydrogens (tertiary/aromatic N) is 2. The van der Waals surface area contributed by atoms with Crippen molar-refractivity contribution in [3.8, 4) is 0 Å². The van der Waals surface area contributed by atoms with Crippen molar-refractivity contribution in [1.82, 2.24) is 14.9 Å². The molecule has 0 saturated heterocycles. The molecule has 0 bridgehead atoms. The molecule has 96 valence electrons. The number of allylic oxidation sites excluding steroid dienone is 1. The smallest absolute Gasteiger partial charge is 0.105 e. The quantitative estimate of drug-likeness (QED) is 0.554. The summed E-state index contributed by atoms with van der Waals surface area (Å²) in [7, 11) is 0. The molecule has 0 aliphatic rings. The highest BCUT2D eigenvalue weighted by molar-refractivity contribution is 5.04. The molecule has 0 amide bonds. The van der Waals surface area contributed by atoms with Crippen molar-refractivity contribution in [2.24, 2.45) is 5.92 Å². The van der Waals surface area contributed by atoms with Gasteiger partial charge in [0.2, 0.25) is 0 Å². The van der Waals surface area contributed by atoms with Crippen LogP contribution < -0.4 is 5.32 Å². The second kappa shape index (κ2) is 7.28. The maximum atomic E-state index is 4.39. The predicted octanol–water partition coefficient (Wildman–Crippen LogP) is 2.90. The van der Waals surface area contributed by atoms with Gasteiger partial charge in [0, 0.05) is 19.3 Å². The first kappa shape index (κ1) is 14.0. The number of rotatable bonds is 8. The van der Waals surface area contributed by atoms with Crippen molar-refractivity contribution >= 4 is 0 Å². The van der Waals surface area contributed by atoms with E-state index in [1.807, 2.05) is 12.3 Å². The lowest BCUT2D eigenvalue weighted by molar-refractivity contribution is 0.527. The van der Waals surface area contributed by atoms with Crippen molar-refractivity contribution in [3.05, 3.63) is 30.4 Å². The Bertz CT molecular complexity index is 339. The van der Waals surface area contributed by atoms with Crippen LogP contribution >= 0.6 is 0 Å². The van der Waals surface area contributed by atoms with Gasteiger partial charge in [-0.15, -0.1) is 6.58 Å². The van der Waals surface area contributed by atoms with E-state index in [4.69, 9.17) is 0 Å². The first-order valence-corrected chi connectivity index (χ1v) is 6.47. The molecule has 1 N–H and O–H groups in total. The largest absolute Gasteiger partial charge is 0.331 e. The van der Waals surface area contributed by atoms with Crippen LogP contribution in [0.25, 0.3) is 0 Å². The molecule has 1 aromatic heterocycles. The Morgan fingerprint density at radius 1 is 1.53 bits per heavy atom. The van der Waals surface area contributed by atoms with Crippen LogP contribution in [0.3, 0.4) is 0 Å². The van der Waals surface area contributed by atoms with Crippen molar-refractivity contribution in [3.63, 3.8) is 0 Å². The van der Waals surface area contributed by atoms with Gasteiger partial charge >= 0.3 is 0 Å². The molecule has 1 aromatic rings. The zero-order valence-corrected chi connectivity index (χ0v) is 11.4. The number of unbranched alkanes of at least 4 members (excludes halogenated alkanes) is 1. The van der Waals surface area contributed by atoms with Gasteiger partial charge in [-0.1, -0.05) is 19.9 Å². The number of aryl methyl sites for hydroxylation is 1. The minimum atomic E-state index is 0.688. The van der Waals surface area contributed by atoms with Crippen LogP contribution in [0.4, 0.5) is 0 Å². The number of imidazole rings is 1. The van der Waals surface area contributed by atoms with E-state index >= 15 is 0 Å². The monoisotopic (exact) mass is 235 g/mol. The number of aromatic nitrogens is 2. The van der Waals surface area contributed by atoms with Crippen LogP contribution in [-0.2, 0) is 13.1 Å². The van der Waals surface area contributed by atoms with Gasteiger partial charge in [-0.2, -0.15) is 0 Å². The Labute approximate surface area is 105 Å². The lowest BCUT2D eigenvalue weighted by atomic mass is 10.2. The first-order valence-electron chi connectivity index (χ1n) is 6.47. The van der Waals surface area contributed by atoms with E-state index < -0.39 is 0 Å². The van der Waals surface area contributed by atoms with Crippen molar-refractivity contribution < 1.29 is 0 Å². The number of nitrogens with one attached hydrogen (secondary N) is 1. The Balaban J connectivity index is 2.50. The second-order valence-electron chi connectivity index (χ2n) is 4.90. The summed E-state index contributed by atoms with van der Waals surface area (Å²) in [4.78, 5) is 4.39. The lowest BCUT2D eigenvalue weighted by Crippen LogP contribution is -2.21. The van der Waals surface area contributed by atoms with Gasteiger partial charge in [-0.3, -0.25) is 0 Å². The minimum absolute atomic E-state index is 0.688. The zero-order valence-electron chi connectivity index (χ0n) is 11.4. The summed E-state index contributed by atoms with van der Waals surface area (Å²) < 4.78 is 2.30. The summed E-state index contributed by atoms with van der Waals surface area (Å²) in [5.74, 6) is 1.80. The van der Waals surface area contributed by atoms with Crippen LogP contribution in [0.15, 0.2) is 18.9 Å². The summed E-state index contributed by atoms with van der Waals surface area (Å²) >= 11 is 0. The molecule has 0 fully saturated rings. The molecule has 0 aromatic carbocycles. The van der Waals surface area contributed by atoms with Crippen LogP contribution in [0, 0.1) is 12.8 Å². The van der Waals surface area contributed by atoms with Crippen molar-refractivity contribution in [2.45, 2.75) is 46.7 Å². The zero-order chi connectivity index (χ0) is 12.7. The predicted molar refractivity (Wildman–Crippen MR) is 72.9 cm³/mol. The van der Waals surface area contributed by atoms with E-state index in [0.29, 0.717) is 5.92 Å². The first-order chi connectivity index (χ1) is 8.15. The molecule has 0 spiro atoms. The summed E-state index contributed by atoms with van der Waals surface area (Å²) in [6.07, 6.45) is 6.16. The summed E-state index contributed by atoms with van der Waals surface area (Å²) in [5, 5.41) is 3.46. The molecule has 0 atom stereocenters. The third kappa shape index (κ3) is 4.73. The molecular weight excluding hydrogens is 210 g/mol. The normalized spacial score (nSPS) is 11.1. The van der Waals surface area contributed by atoms with E-state index in [0.717, 1.165) is 38.3 Å². The standard InChI is InChI=1S/C14H25N3/c1-5-6-7-8-17-13(4)16-11-14(17)10-15-9-12(2)3/h5,11-12,15H,1,6-10H2,2-4H3. The fourth-order valence-corrected chi connectivity index (χ4v) is 1.84. The summed E-state index contributed by atoms with van der Waals surface area (Å²) in [6, 6.07) is 0. The number of hydrogen-bond donors (Lipinski definition) is 1. The van der Waals surface area contributed by atoms with E-state index in [1.165, 1.54) is 5.69 Å². The van der Waals surface area contributed by atoms with Crippen LogP contribution in [0.2, 0.25) is 0 Å². The Morgan fingerprint density at radius 2 is 2.29 bits per heavy atom. The highest BCUT2D eigenvalue weighted by Crippen LogP contribution is 2.07. The van der Waals surface area contributed by atoms with Crippen LogP contribution in [0.5, 0.6) is 0 Å². The van der Waals surface area contributed by atoms with Gasteiger partial charge in [0.25, 0.3) is 0 Å². The molecule has 0 aliphatic heterocycles. The Hall–Kier alpha value is -1.09. The van der Waals surface area contributed by atoms with E-state index in [2.05, 4.69) is 42.2 Å². The number of hydrogen-bond acceptors (Lipinski definition) is 2. The average Bonchev–Trinajstić information content (AvgIpc) is 2.61. The minimum Gasteiger partial charge on any atom is -0.331 e. The molecule has 3 heteroatoms. The third-order valence-corrected chi connectivity index (χ3v) is 2.79. The van der Waals surface area contributed by atoms with Gasteiger partial charge in [0.15, 0.2) is 0 Å². The molecule has 1 heterocycles. The molecule has 0 unspecified atom stereocenters. The third-order valence-electron chi connectivity index (χ3n) is 2.79. The topological polar surface area (TPSA) is 29.9 Å². The van der Waals surface area contributed by atoms with Crippen LogP contribution in [-0.4, -0.2) is 16.1 Å². The van der Waals surface area contributed by atoms with Gasteiger partial charge < -0.3 is 9.88 Å².